The average Bonchev–Trinajstić information content (AvgIpc) is 3.02. The SMILES string of the molecule is CCCC(C)(C)C(=O)CC1c2ccccc2-c2cncn21. The third kappa shape index (κ3) is 2.31. The highest BCUT2D eigenvalue weighted by Crippen LogP contribution is 2.42. The molecular formula is C18H22N2O. The topological polar surface area (TPSA) is 34.9 Å². The Kier molecular flexibility index (Phi) is 3.44. The summed E-state index contributed by atoms with van der Waals surface area (Å²) in [5.74, 6) is 0.339. The fourth-order valence-corrected chi connectivity index (χ4v) is 3.36. The minimum atomic E-state index is -0.243. The fourth-order valence-electron chi connectivity index (χ4n) is 3.36. The highest BCUT2D eigenvalue weighted by atomic mass is 16.1. The molecule has 21 heavy (non-hydrogen) atoms. The molecule has 1 aliphatic heterocycles. The number of hydrogen-bond donors (Lipinski definition) is 0. The van der Waals surface area contributed by atoms with Gasteiger partial charge in [-0.15, -0.1) is 0 Å². The first kappa shape index (κ1) is 14.1. The summed E-state index contributed by atoms with van der Waals surface area (Å²) < 4.78 is 2.14. The first-order chi connectivity index (χ1) is 10.0. The molecular weight excluding hydrogens is 260 g/mol. The predicted molar refractivity (Wildman–Crippen MR) is 84.1 cm³/mol. The molecule has 1 aromatic heterocycles. The van der Waals surface area contributed by atoms with Crippen LogP contribution < -0.4 is 0 Å². The number of rotatable bonds is 5. The maximum absolute atomic E-state index is 12.7. The monoisotopic (exact) mass is 282 g/mol. The fraction of sp³-hybridized carbons (Fsp3) is 0.444. The van der Waals surface area contributed by atoms with Crippen LogP contribution in [0.2, 0.25) is 0 Å². The van der Waals surface area contributed by atoms with Crippen molar-refractivity contribution in [3.63, 3.8) is 0 Å². The smallest absolute Gasteiger partial charge is 0.140 e. The molecule has 3 rings (SSSR count). The van der Waals surface area contributed by atoms with Gasteiger partial charge in [-0.1, -0.05) is 51.5 Å². The van der Waals surface area contributed by atoms with Gasteiger partial charge in [0, 0.05) is 17.4 Å². The minimum absolute atomic E-state index is 0.0994. The molecule has 1 aromatic carbocycles. The molecule has 0 aliphatic carbocycles. The molecule has 0 N–H and O–H groups in total. The molecule has 2 heterocycles. The van der Waals surface area contributed by atoms with E-state index in [9.17, 15) is 4.79 Å². The highest BCUT2D eigenvalue weighted by Gasteiger charge is 2.34. The Morgan fingerprint density at radius 3 is 2.86 bits per heavy atom. The van der Waals surface area contributed by atoms with Crippen LogP contribution in [0.1, 0.15) is 51.6 Å². The van der Waals surface area contributed by atoms with Crippen molar-refractivity contribution < 1.29 is 4.79 Å². The quantitative estimate of drug-likeness (QED) is 0.822. The first-order valence-electron chi connectivity index (χ1n) is 7.69. The first-order valence-corrected chi connectivity index (χ1v) is 7.69. The van der Waals surface area contributed by atoms with Crippen molar-refractivity contribution in [2.24, 2.45) is 5.41 Å². The zero-order chi connectivity index (χ0) is 15.0. The van der Waals surface area contributed by atoms with Gasteiger partial charge in [0.05, 0.1) is 24.3 Å². The predicted octanol–water partition coefficient (Wildman–Crippen LogP) is 4.24. The molecule has 0 amide bonds. The number of imidazole rings is 1. The molecule has 1 unspecified atom stereocenters. The summed E-state index contributed by atoms with van der Waals surface area (Å²) in [7, 11) is 0. The van der Waals surface area contributed by atoms with Crippen LogP contribution in [-0.4, -0.2) is 15.3 Å². The van der Waals surface area contributed by atoms with E-state index in [1.54, 1.807) is 0 Å². The summed E-state index contributed by atoms with van der Waals surface area (Å²) in [5.41, 5.74) is 3.33. The van der Waals surface area contributed by atoms with Crippen LogP contribution in [0.5, 0.6) is 0 Å². The second-order valence-electron chi connectivity index (χ2n) is 6.55. The van der Waals surface area contributed by atoms with Gasteiger partial charge in [-0.2, -0.15) is 0 Å². The van der Waals surface area contributed by atoms with Crippen LogP contribution in [0.15, 0.2) is 36.8 Å². The van der Waals surface area contributed by atoms with Crippen molar-refractivity contribution in [1.82, 2.24) is 9.55 Å². The van der Waals surface area contributed by atoms with Crippen LogP contribution in [0, 0.1) is 5.41 Å². The maximum atomic E-state index is 12.7. The Bertz CT molecular complexity index is 669. The van der Waals surface area contributed by atoms with Gasteiger partial charge in [-0.3, -0.25) is 4.79 Å². The lowest BCUT2D eigenvalue weighted by atomic mass is 9.80. The van der Waals surface area contributed by atoms with Crippen molar-refractivity contribution in [3.05, 3.63) is 42.4 Å². The summed E-state index contributed by atoms with van der Waals surface area (Å²) in [4.78, 5) is 17.0. The second kappa shape index (κ2) is 5.14. The van der Waals surface area contributed by atoms with Gasteiger partial charge in [-0.25, -0.2) is 4.98 Å². The van der Waals surface area contributed by atoms with Gasteiger partial charge in [-0.05, 0) is 12.0 Å². The molecule has 0 fully saturated rings. The van der Waals surface area contributed by atoms with Crippen LogP contribution in [-0.2, 0) is 4.79 Å². The van der Waals surface area contributed by atoms with Crippen molar-refractivity contribution in [1.29, 1.82) is 0 Å². The van der Waals surface area contributed by atoms with Gasteiger partial charge < -0.3 is 4.57 Å². The Morgan fingerprint density at radius 2 is 2.10 bits per heavy atom. The average molecular weight is 282 g/mol. The minimum Gasteiger partial charge on any atom is -0.323 e. The van der Waals surface area contributed by atoms with Crippen molar-refractivity contribution >= 4 is 5.78 Å². The van der Waals surface area contributed by atoms with Gasteiger partial charge in [0.2, 0.25) is 0 Å². The number of aromatic nitrogens is 2. The standard InChI is InChI=1S/C18H22N2O/c1-4-9-18(2,3)17(21)10-15-13-7-5-6-8-14(13)16-11-19-12-20(15)16/h5-8,11-12,15H,4,9-10H2,1-3H3. The van der Waals surface area contributed by atoms with Gasteiger partial charge >= 0.3 is 0 Å². The molecule has 0 radical (unpaired) electrons. The van der Waals surface area contributed by atoms with E-state index in [1.807, 2.05) is 24.7 Å². The molecule has 0 spiro atoms. The molecule has 0 saturated heterocycles. The van der Waals surface area contributed by atoms with E-state index in [0.29, 0.717) is 12.2 Å². The lowest BCUT2D eigenvalue weighted by Gasteiger charge is -2.25. The molecule has 1 atom stereocenters. The van der Waals surface area contributed by atoms with E-state index >= 15 is 0 Å². The summed E-state index contributed by atoms with van der Waals surface area (Å²) in [6.45, 7) is 6.26. The van der Waals surface area contributed by atoms with E-state index < -0.39 is 0 Å². The molecule has 0 bridgehead atoms. The van der Waals surface area contributed by atoms with Crippen LogP contribution in [0.25, 0.3) is 11.3 Å². The molecule has 2 aromatic rings. The van der Waals surface area contributed by atoms with E-state index in [4.69, 9.17) is 0 Å². The largest absolute Gasteiger partial charge is 0.323 e. The lowest BCUT2D eigenvalue weighted by Crippen LogP contribution is -2.26. The summed E-state index contributed by atoms with van der Waals surface area (Å²) in [6, 6.07) is 8.44. The van der Waals surface area contributed by atoms with E-state index in [0.717, 1.165) is 18.5 Å². The van der Waals surface area contributed by atoms with Gasteiger partial charge in [0.15, 0.2) is 0 Å². The number of ketones is 1. The number of carbonyl (C=O) groups excluding carboxylic acids is 1. The van der Waals surface area contributed by atoms with Crippen molar-refractivity contribution in [2.75, 3.05) is 0 Å². The Hall–Kier alpha value is -1.90. The number of Topliss-reactive ketones (excluding diaryl/α,β-unsaturated/α-hetero) is 1. The normalized spacial score (nSPS) is 16.6. The van der Waals surface area contributed by atoms with Gasteiger partial charge in [0.25, 0.3) is 0 Å². The Morgan fingerprint density at radius 1 is 1.33 bits per heavy atom. The zero-order valence-corrected chi connectivity index (χ0v) is 13.0. The molecule has 3 nitrogen and oxygen atoms in total. The van der Waals surface area contributed by atoms with Crippen molar-refractivity contribution in [3.8, 4) is 11.3 Å². The number of hydrogen-bond acceptors (Lipinski definition) is 2. The number of fused-ring (bicyclic) bond motifs is 3. The molecule has 1 aliphatic rings. The molecule has 0 saturated carbocycles. The maximum Gasteiger partial charge on any atom is 0.140 e. The van der Waals surface area contributed by atoms with Crippen LogP contribution in [0.4, 0.5) is 0 Å². The number of benzene rings is 1. The van der Waals surface area contributed by atoms with Crippen LogP contribution in [0.3, 0.4) is 0 Å². The van der Waals surface area contributed by atoms with E-state index in [1.165, 1.54) is 11.1 Å². The van der Waals surface area contributed by atoms with Gasteiger partial charge in [0.1, 0.15) is 5.78 Å². The molecule has 110 valence electrons. The Labute approximate surface area is 126 Å². The third-order valence-electron chi connectivity index (χ3n) is 4.61. The van der Waals surface area contributed by atoms with Crippen LogP contribution >= 0.6 is 0 Å². The Balaban J connectivity index is 1.92. The number of nitrogens with zero attached hydrogens (tertiary/aromatic N) is 2. The molecule has 3 heteroatoms. The summed E-state index contributed by atoms with van der Waals surface area (Å²) in [6.07, 6.45) is 6.27. The highest BCUT2D eigenvalue weighted by molar-refractivity contribution is 5.85. The lowest BCUT2D eigenvalue weighted by molar-refractivity contribution is -0.128. The summed E-state index contributed by atoms with van der Waals surface area (Å²) >= 11 is 0. The van der Waals surface area contributed by atoms with E-state index in [2.05, 4.69) is 42.5 Å². The second-order valence-corrected chi connectivity index (χ2v) is 6.55. The van der Waals surface area contributed by atoms with Crippen molar-refractivity contribution in [2.45, 2.75) is 46.1 Å². The zero-order valence-electron chi connectivity index (χ0n) is 13.0. The number of carbonyl (C=O) groups is 1. The van der Waals surface area contributed by atoms with E-state index in [-0.39, 0.29) is 11.5 Å². The summed E-state index contributed by atoms with van der Waals surface area (Å²) in [5, 5.41) is 0. The third-order valence-corrected chi connectivity index (χ3v) is 4.61.